The maximum absolute atomic E-state index is 10.1. The van der Waals surface area contributed by atoms with E-state index in [4.69, 9.17) is 14.9 Å². The van der Waals surface area contributed by atoms with E-state index in [0.29, 0.717) is 23.7 Å². The summed E-state index contributed by atoms with van der Waals surface area (Å²) < 4.78 is 4.96. The number of carbonyl (C=O) groups is 1. The molecule has 2 radical (unpaired) electrons. The first-order valence-corrected chi connectivity index (χ1v) is 12.3. The normalized spacial score (nSPS) is 37.4. The predicted molar refractivity (Wildman–Crippen MR) is 122 cm³/mol. The summed E-state index contributed by atoms with van der Waals surface area (Å²) in [6.45, 7) is 8.23. The summed E-state index contributed by atoms with van der Waals surface area (Å²) in [5.41, 5.74) is 0. The van der Waals surface area contributed by atoms with Crippen LogP contribution in [-0.2, 0) is 74.9 Å². The summed E-state index contributed by atoms with van der Waals surface area (Å²) in [4.78, 5) is 11.6. The quantitative estimate of drug-likeness (QED) is 0.256. The number of methoxy groups -OCH3 is 1. The summed E-state index contributed by atoms with van der Waals surface area (Å²) in [7, 11) is 1.65. The molecule has 8 atom stereocenters. The van der Waals surface area contributed by atoms with Gasteiger partial charge in [0.05, 0.1) is 6.10 Å². The molecule has 0 amide bonds. The third-order valence-corrected chi connectivity index (χ3v) is 9.37. The second-order valence-electron chi connectivity index (χ2n) is 8.32. The van der Waals surface area contributed by atoms with Gasteiger partial charge in [0.25, 0.3) is 0 Å². The Kier molecular flexibility index (Phi) is 23.2. The number of aliphatic hydroxyl groups excluding tert-OH is 2. The maximum atomic E-state index is 10.1. The molecular weight excluding hydrogens is 666 g/mol. The van der Waals surface area contributed by atoms with E-state index in [1.54, 1.807) is 7.11 Å². The third-order valence-electron chi connectivity index (χ3n) is 6.47. The van der Waals surface area contributed by atoms with E-state index >= 15 is 0 Å². The molecule has 4 nitrogen and oxygen atoms in total. The van der Waals surface area contributed by atoms with E-state index in [1.165, 1.54) is 25.7 Å². The number of alkyl halides is 2. The molecular formula is C22H38Br2O4Y2-2. The minimum Gasteiger partial charge on any atom is -0.396 e. The topological polar surface area (TPSA) is 66.8 Å². The van der Waals surface area contributed by atoms with Crippen molar-refractivity contribution in [1.82, 2.24) is 0 Å². The largest absolute Gasteiger partial charge is 0.396 e. The van der Waals surface area contributed by atoms with Gasteiger partial charge in [-0.1, -0.05) is 44.7 Å². The van der Waals surface area contributed by atoms with Crippen LogP contribution in [0.4, 0.5) is 0 Å². The molecule has 4 aliphatic rings. The van der Waals surface area contributed by atoms with Gasteiger partial charge in [-0.2, -0.15) is 11.8 Å². The first-order chi connectivity index (χ1) is 13.4. The number of halogens is 2. The van der Waals surface area contributed by atoms with Gasteiger partial charge in [0.2, 0.25) is 0 Å². The summed E-state index contributed by atoms with van der Waals surface area (Å²) in [5.74, 6) is 2.34. The van der Waals surface area contributed by atoms with Crippen molar-refractivity contribution in [3.05, 3.63) is 13.8 Å². The first-order valence-electron chi connectivity index (χ1n) is 10.5. The van der Waals surface area contributed by atoms with Crippen LogP contribution in [0.1, 0.15) is 51.4 Å². The van der Waals surface area contributed by atoms with Crippen molar-refractivity contribution in [2.24, 2.45) is 29.6 Å². The second-order valence-corrected chi connectivity index (χ2v) is 10.7. The van der Waals surface area contributed by atoms with Crippen molar-refractivity contribution in [3.8, 4) is 0 Å². The molecule has 172 valence electrons. The zero-order chi connectivity index (χ0) is 21.1. The third kappa shape index (κ3) is 12.4. The second kappa shape index (κ2) is 20.0. The SMILES string of the molecule is BrC1CCC1Br.COC1CCC1C=O.OCC1CCC1CO.[CH2-]C1CCC1[CH2-].[Y].[Y]. The number of carbonyl (C=O) groups excluding carboxylic acids is 1. The summed E-state index contributed by atoms with van der Waals surface area (Å²) in [6.07, 6.45) is 10.8. The zero-order valence-electron chi connectivity index (χ0n) is 18.3. The molecule has 4 rings (SSSR count). The Bertz CT molecular complexity index is 386. The van der Waals surface area contributed by atoms with E-state index in [2.05, 4.69) is 45.7 Å². The zero-order valence-corrected chi connectivity index (χ0v) is 27.2. The van der Waals surface area contributed by atoms with E-state index in [1.807, 2.05) is 0 Å². The fourth-order valence-electron chi connectivity index (χ4n) is 3.12. The van der Waals surface area contributed by atoms with Gasteiger partial charge >= 0.3 is 0 Å². The van der Waals surface area contributed by atoms with Gasteiger partial charge in [-0.05, 0) is 50.4 Å². The molecule has 0 aliphatic heterocycles. The van der Waals surface area contributed by atoms with Gasteiger partial charge in [-0.3, -0.25) is 0 Å². The van der Waals surface area contributed by atoms with Crippen molar-refractivity contribution < 1.29 is 85.2 Å². The van der Waals surface area contributed by atoms with Gasteiger partial charge in [0.15, 0.2) is 0 Å². The standard InChI is InChI=1S/C6H10O2.C6H12O2.C6H10.C4H6Br2.2Y/c1-8-6-3-2-5(6)4-7;7-3-5-1-2-6(5)4-8;1-5-3-4-6(5)2;5-3-1-2-4(3)6;;/h4-6H,2-3H2,1H3;5-8H,1-4H2;5-6H,1-4H2;3-4H,1-2H2;;/q;;-2;;;. The molecule has 0 aromatic rings. The van der Waals surface area contributed by atoms with Crippen LogP contribution >= 0.6 is 31.9 Å². The molecule has 0 heterocycles. The number of aliphatic hydroxyl groups is 2. The number of ether oxygens (including phenoxy) is 1. The van der Waals surface area contributed by atoms with Gasteiger partial charge in [-0.15, -0.1) is 0 Å². The Morgan fingerprint density at radius 2 is 1.27 bits per heavy atom. The summed E-state index contributed by atoms with van der Waals surface area (Å²) in [5, 5.41) is 17.2. The fraction of sp³-hybridized carbons (Fsp3) is 0.864. The van der Waals surface area contributed by atoms with E-state index < -0.39 is 0 Å². The Morgan fingerprint density at radius 3 is 1.33 bits per heavy atom. The van der Waals surface area contributed by atoms with Crippen LogP contribution in [0.2, 0.25) is 0 Å². The van der Waals surface area contributed by atoms with Gasteiger partial charge in [-0.25, -0.2) is 0 Å². The van der Waals surface area contributed by atoms with Gasteiger partial charge in [0.1, 0.15) is 6.29 Å². The van der Waals surface area contributed by atoms with Crippen LogP contribution in [0.25, 0.3) is 0 Å². The van der Waals surface area contributed by atoms with Crippen molar-refractivity contribution in [2.45, 2.75) is 67.1 Å². The number of hydrogen-bond donors (Lipinski definition) is 2. The van der Waals surface area contributed by atoms with Crippen LogP contribution in [0.3, 0.4) is 0 Å². The molecule has 0 saturated heterocycles. The fourth-order valence-corrected chi connectivity index (χ4v) is 4.18. The molecule has 0 aromatic carbocycles. The van der Waals surface area contributed by atoms with E-state index in [0.717, 1.165) is 41.6 Å². The maximum Gasteiger partial charge on any atom is 0.125 e. The molecule has 8 unspecified atom stereocenters. The first kappa shape index (κ1) is 34.9. The Labute approximate surface area is 251 Å². The number of rotatable bonds is 4. The smallest absolute Gasteiger partial charge is 0.125 e. The van der Waals surface area contributed by atoms with Crippen LogP contribution in [0, 0.1) is 43.4 Å². The van der Waals surface area contributed by atoms with Crippen LogP contribution in [0.15, 0.2) is 0 Å². The van der Waals surface area contributed by atoms with Crippen LogP contribution in [0.5, 0.6) is 0 Å². The van der Waals surface area contributed by atoms with Gasteiger partial charge in [0, 0.05) is 101 Å². The molecule has 8 heteroatoms. The minimum absolute atomic E-state index is 0. The number of aldehydes is 1. The van der Waals surface area contributed by atoms with Crippen LogP contribution < -0.4 is 0 Å². The van der Waals surface area contributed by atoms with Crippen molar-refractivity contribution in [2.75, 3.05) is 20.3 Å². The molecule has 0 spiro atoms. The Hall–Kier alpha value is 2.72. The molecule has 0 bridgehead atoms. The summed E-state index contributed by atoms with van der Waals surface area (Å²) in [6, 6.07) is 0. The minimum atomic E-state index is 0. The molecule has 4 aliphatic carbocycles. The molecule has 4 saturated carbocycles. The molecule has 4 fully saturated rings. The average Bonchev–Trinajstić information content (AvgIpc) is 2.66. The van der Waals surface area contributed by atoms with Crippen LogP contribution in [-0.4, -0.2) is 52.6 Å². The Balaban J connectivity index is 0. The average molecular weight is 704 g/mol. The van der Waals surface area contributed by atoms with E-state index in [9.17, 15) is 4.79 Å². The van der Waals surface area contributed by atoms with Gasteiger partial charge < -0.3 is 33.6 Å². The number of hydrogen-bond acceptors (Lipinski definition) is 4. The van der Waals surface area contributed by atoms with Crippen molar-refractivity contribution >= 4 is 38.1 Å². The Morgan fingerprint density at radius 1 is 0.833 bits per heavy atom. The summed E-state index contributed by atoms with van der Waals surface area (Å²) >= 11 is 6.96. The molecule has 30 heavy (non-hydrogen) atoms. The van der Waals surface area contributed by atoms with Crippen molar-refractivity contribution in [1.29, 1.82) is 0 Å². The van der Waals surface area contributed by atoms with E-state index in [-0.39, 0.29) is 90.7 Å². The molecule has 0 aromatic heterocycles. The molecule has 2 N–H and O–H groups in total. The monoisotopic (exact) mass is 702 g/mol. The van der Waals surface area contributed by atoms with Crippen molar-refractivity contribution in [3.63, 3.8) is 0 Å². The predicted octanol–water partition coefficient (Wildman–Crippen LogP) is 4.59.